The summed E-state index contributed by atoms with van der Waals surface area (Å²) in [4.78, 5) is 23.1. The molecule has 0 saturated carbocycles. The molecule has 0 unspecified atom stereocenters. The van der Waals surface area contributed by atoms with Gasteiger partial charge >= 0.3 is 5.97 Å². The van der Waals surface area contributed by atoms with Crippen LogP contribution in [0.5, 0.6) is 5.75 Å². The van der Waals surface area contributed by atoms with Gasteiger partial charge in [0.2, 0.25) is 0 Å². The molecular formula is C26H23NO5. The summed E-state index contributed by atoms with van der Waals surface area (Å²) in [6, 6.07) is 20.6. The van der Waals surface area contributed by atoms with Crippen LogP contribution >= 0.6 is 0 Å². The number of hydrogen-bond acceptors (Lipinski definition) is 5. The quantitative estimate of drug-likeness (QED) is 0.384. The summed E-state index contributed by atoms with van der Waals surface area (Å²) in [7, 11) is 0. The average molecular weight is 429 g/mol. The fraction of sp³-hybridized carbons (Fsp3) is 0.154. The van der Waals surface area contributed by atoms with Gasteiger partial charge in [0.05, 0.1) is 6.42 Å². The molecule has 0 radical (unpaired) electrons. The van der Waals surface area contributed by atoms with Crippen molar-refractivity contribution in [2.45, 2.75) is 26.5 Å². The molecule has 1 heterocycles. The minimum absolute atomic E-state index is 0.115. The Hall–Kier alpha value is -3.90. The first-order chi connectivity index (χ1) is 15.4. The van der Waals surface area contributed by atoms with Crippen LogP contribution in [0, 0.1) is 0 Å². The van der Waals surface area contributed by atoms with Crippen LogP contribution in [0.4, 0.5) is 0 Å². The summed E-state index contributed by atoms with van der Waals surface area (Å²) in [5.41, 5.74) is 10.7. The highest BCUT2D eigenvalue weighted by Gasteiger charge is 2.15. The van der Waals surface area contributed by atoms with Crippen molar-refractivity contribution < 1.29 is 23.8 Å². The summed E-state index contributed by atoms with van der Waals surface area (Å²) in [5.74, 6) is -0.248. The van der Waals surface area contributed by atoms with Crippen LogP contribution in [-0.2, 0) is 24.4 Å². The van der Waals surface area contributed by atoms with Gasteiger partial charge in [-0.1, -0.05) is 36.4 Å². The molecule has 0 aliphatic rings. The van der Waals surface area contributed by atoms with Gasteiger partial charge in [-0.25, -0.2) is 0 Å². The van der Waals surface area contributed by atoms with E-state index in [4.69, 9.17) is 20.0 Å². The van der Waals surface area contributed by atoms with Crippen molar-refractivity contribution in [3.63, 3.8) is 0 Å². The first kappa shape index (κ1) is 21.3. The van der Waals surface area contributed by atoms with Crippen LogP contribution in [-0.4, -0.2) is 16.9 Å². The molecule has 0 aliphatic heterocycles. The van der Waals surface area contributed by atoms with Crippen LogP contribution in [0.3, 0.4) is 0 Å². The highest BCUT2D eigenvalue weighted by Crippen LogP contribution is 2.34. The van der Waals surface area contributed by atoms with Crippen molar-refractivity contribution >= 4 is 22.7 Å². The number of hydrogen-bond donors (Lipinski definition) is 2. The first-order valence-corrected chi connectivity index (χ1v) is 10.2. The first-order valence-electron chi connectivity index (χ1n) is 10.2. The van der Waals surface area contributed by atoms with E-state index < -0.39 is 5.97 Å². The number of ether oxygens (including phenoxy) is 1. The van der Waals surface area contributed by atoms with Crippen molar-refractivity contribution in [2.75, 3.05) is 0 Å². The maximum atomic E-state index is 11.9. The minimum atomic E-state index is -0.917. The number of carbonyl (C=O) groups is 2. The van der Waals surface area contributed by atoms with Gasteiger partial charge in [-0.3, -0.25) is 9.59 Å². The molecule has 0 spiro atoms. The Morgan fingerprint density at radius 3 is 2.56 bits per heavy atom. The molecule has 3 aromatic carbocycles. The Kier molecular flexibility index (Phi) is 6.05. The molecule has 1 aromatic heterocycles. The number of Topliss-reactive ketones (excluding diaryl/α,β-unsaturated/α-hetero) is 1. The smallest absolute Gasteiger partial charge is 0.307 e. The molecule has 0 atom stereocenters. The van der Waals surface area contributed by atoms with E-state index >= 15 is 0 Å². The molecule has 3 N–H and O–H groups in total. The number of aliphatic carboxylic acids is 1. The molecule has 4 aromatic rings. The molecule has 32 heavy (non-hydrogen) atoms. The number of carboxylic acids is 1. The van der Waals surface area contributed by atoms with Gasteiger partial charge in [0.1, 0.15) is 17.9 Å². The van der Waals surface area contributed by atoms with Crippen LogP contribution in [0.1, 0.15) is 34.2 Å². The second kappa shape index (κ2) is 9.08. The number of rotatable bonds is 8. The Morgan fingerprint density at radius 2 is 1.81 bits per heavy atom. The second-order valence-electron chi connectivity index (χ2n) is 7.60. The van der Waals surface area contributed by atoms with E-state index in [1.165, 1.54) is 6.92 Å². The standard InChI is InChI=1S/C26H23NO5/c1-16(28)24-12-21-10-18(15-31-23-8-3-2-6-20(23)13-25(29)30)11-22(26(21)32-24)19-7-4-5-17(9-19)14-27/h2-12H,13-15,27H2,1H3,(H,29,30). The number of para-hydroxylation sites is 1. The lowest BCUT2D eigenvalue weighted by molar-refractivity contribution is -0.136. The lowest BCUT2D eigenvalue weighted by atomic mass is 9.99. The predicted octanol–water partition coefficient (Wildman–Crippen LogP) is 4.97. The van der Waals surface area contributed by atoms with E-state index in [1.54, 1.807) is 24.3 Å². The van der Waals surface area contributed by atoms with Crippen LogP contribution in [0.2, 0.25) is 0 Å². The largest absolute Gasteiger partial charge is 0.489 e. The number of furan rings is 1. The molecular weight excluding hydrogens is 406 g/mol. The minimum Gasteiger partial charge on any atom is -0.489 e. The zero-order valence-corrected chi connectivity index (χ0v) is 17.6. The van der Waals surface area contributed by atoms with E-state index in [0.29, 0.717) is 29.2 Å². The Balaban J connectivity index is 1.74. The third-order valence-electron chi connectivity index (χ3n) is 5.21. The van der Waals surface area contributed by atoms with Gasteiger partial charge in [0.25, 0.3) is 0 Å². The van der Waals surface area contributed by atoms with Gasteiger partial charge in [0.15, 0.2) is 11.5 Å². The number of benzene rings is 3. The topological polar surface area (TPSA) is 103 Å². The van der Waals surface area contributed by atoms with Crippen molar-refractivity contribution in [1.29, 1.82) is 0 Å². The normalized spacial score (nSPS) is 10.9. The summed E-state index contributed by atoms with van der Waals surface area (Å²) >= 11 is 0. The molecule has 0 aliphatic carbocycles. The van der Waals surface area contributed by atoms with Gasteiger partial charge in [-0.2, -0.15) is 0 Å². The average Bonchev–Trinajstić information content (AvgIpc) is 3.22. The molecule has 162 valence electrons. The third-order valence-corrected chi connectivity index (χ3v) is 5.21. The Morgan fingerprint density at radius 1 is 1.00 bits per heavy atom. The summed E-state index contributed by atoms with van der Waals surface area (Å²) in [6.45, 7) is 2.11. The van der Waals surface area contributed by atoms with Gasteiger partial charge in [-0.15, -0.1) is 0 Å². The van der Waals surface area contributed by atoms with Gasteiger partial charge in [0, 0.05) is 30.0 Å². The fourth-order valence-corrected chi connectivity index (χ4v) is 3.67. The fourth-order valence-electron chi connectivity index (χ4n) is 3.67. The highest BCUT2D eigenvalue weighted by atomic mass is 16.5. The third kappa shape index (κ3) is 4.55. The Bertz CT molecular complexity index is 1300. The zero-order valence-electron chi connectivity index (χ0n) is 17.6. The lowest BCUT2D eigenvalue weighted by Gasteiger charge is -2.12. The summed E-state index contributed by atoms with van der Waals surface area (Å²) in [6.07, 6.45) is -0.115. The van der Waals surface area contributed by atoms with Gasteiger partial charge < -0.3 is 20.0 Å². The van der Waals surface area contributed by atoms with Crippen molar-refractivity contribution in [3.05, 3.63) is 89.2 Å². The van der Waals surface area contributed by atoms with E-state index in [-0.39, 0.29) is 18.8 Å². The molecule has 4 rings (SSSR count). The number of fused-ring (bicyclic) bond motifs is 1. The van der Waals surface area contributed by atoms with Crippen LogP contribution in [0.15, 0.2) is 71.1 Å². The van der Waals surface area contributed by atoms with Crippen molar-refractivity contribution in [3.8, 4) is 16.9 Å². The molecule has 0 saturated heterocycles. The van der Waals surface area contributed by atoms with E-state index in [1.807, 2.05) is 42.5 Å². The maximum Gasteiger partial charge on any atom is 0.307 e. The van der Waals surface area contributed by atoms with E-state index in [0.717, 1.165) is 27.6 Å². The number of ketones is 1. The molecule has 0 amide bonds. The highest BCUT2D eigenvalue weighted by molar-refractivity contribution is 6.00. The van der Waals surface area contributed by atoms with Crippen molar-refractivity contribution in [1.82, 2.24) is 0 Å². The van der Waals surface area contributed by atoms with Crippen LogP contribution < -0.4 is 10.5 Å². The summed E-state index contributed by atoms with van der Waals surface area (Å²) < 4.78 is 11.9. The number of carbonyl (C=O) groups excluding carboxylic acids is 1. The molecule has 6 nitrogen and oxygen atoms in total. The second-order valence-corrected chi connectivity index (χ2v) is 7.60. The van der Waals surface area contributed by atoms with Crippen molar-refractivity contribution in [2.24, 2.45) is 5.73 Å². The summed E-state index contributed by atoms with van der Waals surface area (Å²) in [5, 5.41) is 9.94. The van der Waals surface area contributed by atoms with Crippen LogP contribution in [0.25, 0.3) is 22.1 Å². The molecule has 0 fully saturated rings. The lowest BCUT2D eigenvalue weighted by Crippen LogP contribution is -2.04. The zero-order chi connectivity index (χ0) is 22.7. The Labute approximate surface area is 185 Å². The predicted molar refractivity (Wildman–Crippen MR) is 122 cm³/mol. The molecule has 6 heteroatoms. The van der Waals surface area contributed by atoms with E-state index in [9.17, 15) is 9.59 Å². The maximum absolute atomic E-state index is 11.9. The number of nitrogens with two attached hydrogens (primary N) is 1. The monoisotopic (exact) mass is 429 g/mol. The van der Waals surface area contributed by atoms with Gasteiger partial charge in [-0.05, 0) is 47.0 Å². The molecule has 0 bridgehead atoms. The van der Waals surface area contributed by atoms with E-state index in [2.05, 4.69) is 0 Å². The SMILES string of the molecule is CC(=O)c1cc2cc(COc3ccccc3CC(=O)O)cc(-c3cccc(CN)c3)c2o1. The number of carboxylic acid groups (broad SMARTS) is 1.